The molecule has 0 saturated carbocycles. The van der Waals surface area contributed by atoms with Crippen molar-refractivity contribution >= 4 is 11.6 Å². The first kappa shape index (κ1) is 11.1. The Hall–Kier alpha value is -2.44. The molecule has 0 aliphatic heterocycles. The number of nitrogens with one attached hydrogen (secondary N) is 2. The Kier molecular flexibility index (Phi) is 2.99. The minimum absolute atomic E-state index is 0.211. The van der Waals surface area contributed by atoms with E-state index in [9.17, 15) is 4.79 Å². The van der Waals surface area contributed by atoms with Gasteiger partial charge in [0.25, 0.3) is 5.91 Å². The highest BCUT2D eigenvalue weighted by Gasteiger charge is 2.10. The van der Waals surface area contributed by atoms with Gasteiger partial charge in [-0.3, -0.25) is 4.79 Å². The van der Waals surface area contributed by atoms with Gasteiger partial charge in [-0.1, -0.05) is 11.3 Å². The Morgan fingerprint density at radius 3 is 3.00 bits per heavy atom. The van der Waals surface area contributed by atoms with Crippen molar-refractivity contribution in [3.05, 3.63) is 35.2 Å². The van der Waals surface area contributed by atoms with Crippen molar-refractivity contribution < 1.29 is 4.79 Å². The van der Waals surface area contributed by atoms with Crippen LogP contribution in [0.3, 0.4) is 0 Å². The predicted molar refractivity (Wildman–Crippen MR) is 60.9 cm³/mol. The van der Waals surface area contributed by atoms with Gasteiger partial charge in [0.2, 0.25) is 0 Å². The Balaban J connectivity index is 2.04. The monoisotopic (exact) mass is 232 g/mol. The average molecular weight is 232 g/mol. The lowest BCUT2D eigenvalue weighted by Gasteiger charge is -2.06. The molecule has 1 heterocycles. The zero-order chi connectivity index (χ0) is 12.3. The summed E-state index contributed by atoms with van der Waals surface area (Å²) in [5.41, 5.74) is 7.67. The van der Waals surface area contributed by atoms with Gasteiger partial charge in [0, 0.05) is 5.69 Å². The maximum absolute atomic E-state index is 11.8. The minimum Gasteiger partial charge on any atom is -0.398 e. The molecule has 0 atom stereocenters. The Morgan fingerprint density at radius 2 is 2.35 bits per heavy atom. The Morgan fingerprint density at radius 1 is 1.53 bits per heavy atom. The number of tetrazole rings is 1. The zero-order valence-corrected chi connectivity index (χ0v) is 9.27. The van der Waals surface area contributed by atoms with E-state index >= 15 is 0 Å². The maximum atomic E-state index is 11.8. The summed E-state index contributed by atoms with van der Waals surface area (Å²) in [5.74, 6) is 0.163. The van der Waals surface area contributed by atoms with Crippen molar-refractivity contribution in [2.45, 2.75) is 13.5 Å². The van der Waals surface area contributed by atoms with Crippen LogP contribution in [0.4, 0.5) is 5.69 Å². The summed E-state index contributed by atoms with van der Waals surface area (Å²) in [6.07, 6.45) is 0. The first-order valence-corrected chi connectivity index (χ1v) is 5.03. The molecule has 4 N–H and O–H groups in total. The molecule has 88 valence electrons. The number of rotatable bonds is 3. The van der Waals surface area contributed by atoms with Crippen LogP contribution in [0.25, 0.3) is 0 Å². The summed E-state index contributed by atoms with van der Waals surface area (Å²) in [6, 6.07) is 5.28. The Labute approximate surface area is 97.4 Å². The number of nitrogens with two attached hydrogens (primary N) is 1. The molecule has 0 unspecified atom stereocenters. The van der Waals surface area contributed by atoms with Gasteiger partial charge >= 0.3 is 0 Å². The number of nitrogen functional groups attached to an aromatic ring is 1. The number of H-pyrrole nitrogens is 1. The molecule has 2 rings (SSSR count). The highest BCUT2D eigenvalue weighted by Crippen LogP contribution is 2.13. The van der Waals surface area contributed by atoms with Crippen molar-refractivity contribution in [1.82, 2.24) is 25.9 Å². The van der Waals surface area contributed by atoms with Crippen LogP contribution in [-0.2, 0) is 6.54 Å². The van der Waals surface area contributed by atoms with Gasteiger partial charge in [-0.15, -0.1) is 10.2 Å². The Bertz CT molecular complexity index is 522. The molecule has 1 amide bonds. The van der Waals surface area contributed by atoms with Gasteiger partial charge in [-0.05, 0) is 24.6 Å². The summed E-state index contributed by atoms with van der Waals surface area (Å²) < 4.78 is 0. The van der Waals surface area contributed by atoms with Crippen LogP contribution in [0.1, 0.15) is 21.7 Å². The summed E-state index contributed by atoms with van der Waals surface area (Å²) in [5, 5.41) is 15.8. The largest absolute Gasteiger partial charge is 0.398 e. The van der Waals surface area contributed by atoms with Crippen LogP contribution in [-0.4, -0.2) is 26.5 Å². The van der Waals surface area contributed by atoms with Crippen LogP contribution in [0.2, 0.25) is 0 Å². The lowest BCUT2D eigenvalue weighted by atomic mass is 10.1. The third kappa shape index (κ3) is 2.57. The van der Waals surface area contributed by atoms with E-state index < -0.39 is 0 Å². The molecule has 1 aromatic carbocycles. The van der Waals surface area contributed by atoms with E-state index in [1.54, 1.807) is 12.1 Å². The number of hydrogen-bond donors (Lipinski definition) is 3. The zero-order valence-electron chi connectivity index (χ0n) is 9.27. The second-order valence-electron chi connectivity index (χ2n) is 3.60. The lowest BCUT2D eigenvalue weighted by molar-refractivity contribution is 0.0951. The van der Waals surface area contributed by atoms with Gasteiger partial charge in [0.1, 0.15) is 0 Å². The van der Waals surface area contributed by atoms with Crippen molar-refractivity contribution in [3.8, 4) is 0 Å². The van der Waals surface area contributed by atoms with Crippen LogP contribution in [0, 0.1) is 6.92 Å². The predicted octanol–water partition coefficient (Wildman–Crippen LogP) is 0.0203. The van der Waals surface area contributed by atoms with E-state index in [0.29, 0.717) is 17.1 Å². The number of nitrogens with zero attached hydrogens (tertiary/aromatic N) is 3. The maximum Gasteiger partial charge on any atom is 0.253 e. The molecule has 2 aromatic rings. The average Bonchev–Trinajstić information content (AvgIpc) is 2.78. The number of carbonyl (C=O) groups is 1. The summed E-state index contributed by atoms with van der Waals surface area (Å²) in [7, 11) is 0. The van der Waals surface area contributed by atoms with Crippen molar-refractivity contribution in [1.29, 1.82) is 0 Å². The summed E-state index contributed by atoms with van der Waals surface area (Å²) >= 11 is 0. The molecule has 0 saturated heterocycles. The molecular formula is C10H12N6O. The standard InChI is InChI=1S/C10H12N6O/c1-6-2-3-7(8(11)4-6)10(17)12-5-9-13-15-16-14-9/h2-4H,5,11H2,1H3,(H,12,17)(H,13,14,15,16). The fourth-order valence-corrected chi connectivity index (χ4v) is 1.40. The van der Waals surface area contributed by atoms with Crippen LogP contribution >= 0.6 is 0 Å². The van der Waals surface area contributed by atoms with Crippen molar-refractivity contribution in [2.24, 2.45) is 0 Å². The number of aryl methyl sites for hydroxylation is 1. The van der Waals surface area contributed by atoms with Gasteiger partial charge in [0.05, 0.1) is 12.1 Å². The first-order valence-electron chi connectivity index (χ1n) is 5.03. The second kappa shape index (κ2) is 4.60. The molecule has 0 spiro atoms. The third-order valence-corrected chi connectivity index (χ3v) is 2.25. The number of anilines is 1. The normalized spacial score (nSPS) is 10.2. The number of aromatic nitrogens is 4. The van der Waals surface area contributed by atoms with Crippen LogP contribution in [0.5, 0.6) is 0 Å². The first-order chi connectivity index (χ1) is 8.16. The number of aromatic amines is 1. The highest BCUT2D eigenvalue weighted by atomic mass is 16.1. The molecule has 17 heavy (non-hydrogen) atoms. The molecule has 0 bridgehead atoms. The van der Waals surface area contributed by atoms with Gasteiger partial charge in [0.15, 0.2) is 5.82 Å². The molecule has 0 aliphatic rings. The molecule has 0 radical (unpaired) electrons. The van der Waals surface area contributed by atoms with Gasteiger partial charge in [-0.25, -0.2) is 0 Å². The number of benzene rings is 1. The molecule has 7 heteroatoms. The molecule has 0 fully saturated rings. The third-order valence-electron chi connectivity index (χ3n) is 2.25. The SMILES string of the molecule is Cc1ccc(C(=O)NCc2nn[nH]n2)c(N)c1. The van der Waals surface area contributed by atoms with Gasteiger partial charge in [-0.2, -0.15) is 5.21 Å². The summed E-state index contributed by atoms with van der Waals surface area (Å²) in [4.78, 5) is 11.8. The smallest absolute Gasteiger partial charge is 0.253 e. The van der Waals surface area contributed by atoms with E-state index in [1.807, 2.05) is 13.0 Å². The van der Waals surface area contributed by atoms with E-state index in [0.717, 1.165) is 5.56 Å². The number of amides is 1. The minimum atomic E-state index is -0.257. The van der Waals surface area contributed by atoms with Crippen molar-refractivity contribution in [3.63, 3.8) is 0 Å². The quantitative estimate of drug-likeness (QED) is 0.646. The number of carbonyl (C=O) groups excluding carboxylic acids is 1. The number of hydrogen-bond acceptors (Lipinski definition) is 5. The van der Waals surface area contributed by atoms with E-state index in [4.69, 9.17) is 5.73 Å². The lowest BCUT2D eigenvalue weighted by Crippen LogP contribution is -2.24. The van der Waals surface area contributed by atoms with E-state index in [1.165, 1.54) is 0 Å². The van der Waals surface area contributed by atoms with E-state index in [-0.39, 0.29) is 12.5 Å². The van der Waals surface area contributed by atoms with Crippen molar-refractivity contribution in [2.75, 3.05) is 5.73 Å². The topological polar surface area (TPSA) is 110 Å². The fourth-order valence-electron chi connectivity index (χ4n) is 1.40. The highest BCUT2D eigenvalue weighted by molar-refractivity contribution is 5.99. The molecular weight excluding hydrogens is 220 g/mol. The van der Waals surface area contributed by atoms with Crippen LogP contribution < -0.4 is 11.1 Å². The molecule has 1 aromatic heterocycles. The summed E-state index contributed by atoms with van der Waals surface area (Å²) in [6.45, 7) is 2.13. The fraction of sp³-hybridized carbons (Fsp3) is 0.200. The molecule has 7 nitrogen and oxygen atoms in total. The van der Waals surface area contributed by atoms with E-state index in [2.05, 4.69) is 25.9 Å². The molecule has 0 aliphatic carbocycles. The second-order valence-corrected chi connectivity index (χ2v) is 3.60. The van der Waals surface area contributed by atoms with Crippen LogP contribution in [0.15, 0.2) is 18.2 Å². The van der Waals surface area contributed by atoms with Gasteiger partial charge < -0.3 is 11.1 Å².